The normalized spacial score (nSPS) is 39.7. The van der Waals surface area contributed by atoms with Gasteiger partial charge in [0.25, 0.3) is 0 Å². The molecule has 7 nitrogen and oxygen atoms in total. The van der Waals surface area contributed by atoms with Crippen molar-refractivity contribution in [2.75, 3.05) is 0 Å². The number of hydroxylamine groups is 4. The van der Waals surface area contributed by atoms with Crippen LogP contribution in [0.4, 0.5) is 0 Å². The third kappa shape index (κ3) is 4.14. The molecule has 2 rings (SSSR count). The van der Waals surface area contributed by atoms with Crippen LogP contribution in [0.5, 0.6) is 0 Å². The van der Waals surface area contributed by atoms with E-state index in [0.29, 0.717) is 38.5 Å². The largest absolute Gasteiger partial charge is 0.481 e. The van der Waals surface area contributed by atoms with Crippen molar-refractivity contribution in [1.82, 2.24) is 10.1 Å². The molecule has 0 aromatic carbocycles. The van der Waals surface area contributed by atoms with Gasteiger partial charge in [0.2, 0.25) is 0 Å². The van der Waals surface area contributed by atoms with Crippen LogP contribution in [0.15, 0.2) is 0 Å². The van der Waals surface area contributed by atoms with Crippen molar-refractivity contribution in [2.24, 2.45) is 11.8 Å². The molecule has 0 radical (unpaired) electrons. The minimum Gasteiger partial charge on any atom is -0.481 e. The molecule has 2 heterocycles. The summed E-state index contributed by atoms with van der Waals surface area (Å²) in [6.45, 7) is 11.4. The minimum absolute atomic E-state index is 0.138. The Bertz CT molecular complexity index is 629. The Hall–Kier alpha value is -1.20. The molecule has 4 atom stereocenters. The number of carboxylic acids is 1. The number of hydrogen-bond donors (Lipinski definition) is 3. The van der Waals surface area contributed by atoms with E-state index in [4.69, 9.17) is 0 Å². The average Bonchev–Trinajstić information content (AvgIpc) is 2.55. The fourth-order valence-electron chi connectivity index (χ4n) is 5.44. The topological polar surface area (TPSA) is 108 Å². The van der Waals surface area contributed by atoms with Crippen molar-refractivity contribution in [2.45, 2.75) is 102 Å². The van der Waals surface area contributed by atoms with E-state index in [1.54, 1.807) is 0 Å². The van der Waals surface area contributed by atoms with Crippen LogP contribution < -0.4 is 0 Å². The molecule has 7 heteroatoms. The fraction of sp³-hybridized carbons (Fsp3) is 0.900. The van der Waals surface area contributed by atoms with Crippen molar-refractivity contribution in [3.05, 3.63) is 0 Å². The van der Waals surface area contributed by atoms with Crippen LogP contribution in [0.1, 0.15) is 80.1 Å². The minimum atomic E-state index is -0.833. The van der Waals surface area contributed by atoms with Crippen LogP contribution in [0.3, 0.4) is 0 Å². The zero-order chi connectivity index (χ0) is 20.8. The van der Waals surface area contributed by atoms with Crippen LogP contribution in [0.2, 0.25) is 0 Å². The monoisotopic (exact) mass is 381 g/mol. The van der Waals surface area contributed by atoms with E-state index in [1.165, 1.54) is 10.1 Å². The van der Waals surface area contributed by atoms with E-state index in [9.17, 15) is 25.6 Å². The molecule has 27 heavy (non-hydrogen) atoms. The van der Waals surface area contributed by atoms with Gasteiger partial charge < -0.3 is 15.5 Å². The number of piperidine rings is 2. The van der Waals surface area contributed by atoms with Gasteiger partial charge in [0.15, 0.2) is 0 Å². The highest BCUT2D eigenvalue weighted by Crippen LogP contribution is 2.47. The first kappa shape index (κ1) is 22.1. The molecule has 2 saturated heterocycles. The van der Waals surface area contributed by atoms with Gasteiger partial charge in [0.1, 0.15) is 0 Å². The summed E-state index contributed by atoms with van der Waals surface area (Å²) in [4.78, 5) is 11.6. The maximum atomic E-state index is 11.6. The van der Waals surface area contributed by atoms with E-state index in [1.807, 2.05) is 41.5 Å². The fourth-order valence-corrected chi connectivity index (χ4v) is 5.44. The second-order valence-electron chi connectivity index (χ2n) is 10.4. The predicted molar refractivity (Wildman–Crippen MR) is 100 cm³/mol. The SMILES string of the molecule is CC1(C)CC(C#N)CC(C)(CCC2(C)CC(C(=O)O)CC(C)(C)N2O)N1O. The number of carbonyl (C=O) groups is 1. The van der Waals surface area contributed by atoms with Crippen LogP contribution in [-0.4, -0.2) is 53.8 Å². The van der Waals surface area contributed by atoms with Crippen LogP contribution in [-0.2, 0) is 4.79 Å². The maximum Gasteiger partial charge on any atom is 0.306 e. The molecule has 0 saturated carbocycles. The molecule has 0 spiro atoms. The molecular formula is C20H35N3O4. The van der Waals surface area contributed by atoms with Gasteiger partial charge in [0, 0.05) is 28.1 Å². The summed E-state index contributed by atoms with van der Waals surface area (Å²) >= 11 is 0. The highest BCUT2D eigenvalue weighted by molar-refractivity contribution is 5.70. The molecule has 2 fully saturated rings. The summed E-state index contributed by atoms with van der Waals surface area (Å²) in [6.07, 6.45) is 2.99. The summed E-state index contributed by atoms with van der Waals surface area (Å²) in [5, 5.41) is 43.4. The molecule has 0 bridgehead atoms. The Morgan fingerprint density at radius 1 is 0.926 bits per heavy atom. The summed E-state index contributed by atoms with van der Waals surface area (Å²) < 4.78 is 0. The lowest BCUT2D eigenvalue weighted by atomic mass is 9.68. The van der Waals surface area contributed by atoms with Crippen LogP contribution >= 0.6 is 0 Å². The highest BCUT2D eigenvalue weighted by atomic mass is 16.5. The Morgan fingerprint density at radius 2 is 1.37 bits per heavy atom. The molecule has 2 aliphatic rings. The molecule has 154 valence electrons. The van der Waals surface area contributed by atoms with E-state index >= 15 is 0 Å². The van der Waals surface area contributed by atoms with Gasteiger partial charge >= 0.3 is 5.97 Å². The molecule has 0 aromatic heterocycles. The van der Waals surface area contributed by atoms with E-state index in [2.05, 4.69) is 6.07 Å². The summed E-state index contributed by atoms with van der Waals surface area (Å²) in [7, 11) is 0. The smallest absolute Gasteiger partial charge is 0.306 e. The van der Waals surface area contributed by atoms with Crippen molar-refractivity contribution < 1.29 is 20.3 Å². The summed E-state index contributed by atoms with van der Waals surface area (Å²) in [5.74, 6) is -1.48. The Morgan fingerprint density at radius 3 is 1.81 bits per heavy atom. The Balaban J connectivity index is 2.24. The van der Waals surface area contributed by atoms with Gasteiger partial charge in [0.05, 0.1) is 12.0 Å². The molecule has 0 amide bonds. The van der Waals surface area contributed by atoms with Crippen molar-refractivity contribution in [3.8, 4) is 6.07 Å². The molecule has 0 aliphatic carbocycles. The van der Waals surface area contributed by atoms with Crippen LogP contribution in [0.25, 0.3) is 0 Å². The maximum absolute atomic E-state index is 11.6. The van der Waals surface area contributed by atoms with E-state index in [-0.39, 0.29) is 5.92 Å². The number of carboxylic acid groups (broad SMARTS) is 1. The standard InChI is InChI=1S/C20H35N3O4/c1-17(2)9-14(13-21)10-19(5,22(17)26)7-8-20(6)12-15(16(24)25)11-18(3,4)23(20)27/h14-15,26-27H,7-12H2,1-6H3,(H,24,25). The Kier molecular flexibility index (Phi) is 5.73. The third-order valence-corrected chi connectivity index (χ3v) is 6.77. The summed E-state index contributed by atoms with van der Waals surface area (Å²) in [6, 6.07) is 2.35. The van der Waals surface area contributed by atoms with Crippen molar-refractivity contribution >= 4 is 5.97 Å². The number of nitrogens with zero attached hydrogens (tertiary/aromatic N) is 3. The van der Waals surface area contributed by atoms with Gasteiger partial charge in [-0.3, -0.25) is 4.79 Å². The number of hydrogen-bond acceptors (Lipinski definition) is 6. The third-order valence-electron chi connectivity index (χ3n) is 6.77. The van der Waals surface area contributed by atoms with Gasteiger partial charge in [-0.25, -0.2) is 0 Å². The van der Waals surface area contributed by atoms with Crippen molar-refractivity contribution in [1.29, 1.82) is 5.26 Å². The van der Waals surface area contributed by atoms with Gasteiger partial charge in [-0.1, -0.05) is 0 Å². The van der Waals surface area contributed by atoms with Gasteiger partial charge in [-0.2, -0.15) is 15.4 Å². The second kappa shape index (κ2) is 7.00. The lowest BCUT2D eigenvalue weighted by Crippen LogP contribution is -2.63. The molecule has 4 unspecified atom stereocenters. The Labute approximate surface area is 162 Å². The lowest BCUT2D eigenvalue weighted by molar-refractivity contribution is -0.273. The molecule has 3 N–H and O–H groups in total. The quantitative estimate of drug-likeness (QED) is 0.682. The first-order valence-corrected chi connectivity index (χ1v) is 9.78. The van der Waals surface area contributed by atoms with E-state index < -0.39 is 34.0 Å². The first-order valence-electron chi connectivity index (χ1n) is 9.78. The number of aliphatic carboxylic acids is 1. The van der Waals surface area contributed by atoms with Gasteiger partial charge in [-0.05, 0) is 80.1 Å². The second-order valence-corrected chi connectivity index (χ2v) is 10.4. The highest BCUT2D eigenvalue weighted by Gasteiger charge is 2.52. The van der Waals surface area contributed by atoms with Crippen molar-refractivity contribution in [3.63, 3.8) is 0 Å². The van der Waals surface area contributed by atoms with E-state index in [0.717, 1.165) is 0 Å². The first-order chi connectivity index (χ1) is 12.2. The molecular weight excluding hydrogens is 346 g/mol. The zero-order valence-corrected chi connectivity index (χ0v) is 17.5. The number of rotatable bonds is 4. The zero-order valence-electron chi connectivity index (χ0n) is 17.5. The lowest BCUT2D eigenvalue weighted by Gasteiger charge is -2.55. The average molecular weight is 382 g/mol. The predicted octanol–water partition coefficient (Wildman–Crippen LogP) is 3.65. The molecule has 0 aromatic rings. The number of nitriles is 1. The van der Waals surface area contributed by atoms with Crippen LogP contribution in [0, 0.1) is 23.2 Å². The molecule has 2 aliphatic heterocycles. The summed E-state index contributed by atoms with van der Waals surface area (Å²) in [5.41, 5.74) is -2.47. The van der Waals surface area contributed by atoms with Gasteiger partial charge in [-0.15, -0.1) is 0 Å².